The molecule has 1 atom stereocenters. The first-order valence-corrected chi connectivity index (χ1v) is 8.43. The fourth-order valence-electron chi connectivity index (χ4n) is 2.70. The zero-order valence-electron chi connectivity index (χ0n) is 12.7. The van der Waals surface area contributed by atoms with Crippen molar-refractivity contribution in [1.29, 1.82) is 0 Å². The zero-order valence-corrected chi connectivity index (χ0v) is 15.1. The Balaban J connectivity index is 2.35. The summed E-state index contributed by atoms with van der Waals surface area (Å²) in [6, 6.07) is 12.8. The maximum absolute atomic E-state index is 6.44. The molecule has 21 heavy (non-hydrogen) atoms. The Morgan fingerprint density at radius 2 is 1.81 bits per heavy atom. The van der Waals surface area contributed by atoms with E-state index in [4.69, 9.17) is 11.6 Å². The molecule has 2 aromatic carbocycles. The molecule has 0 aliphatic heterocycles. The summed E-state index contributed by atoms with van der Waals surface area (Å²) >= 11 is 9.91. The number of nitrogens with one attached hydrogen (secondary N) is 1. The quantitative estimate of drug-likeness (QED) is 0.725. The van der Waals surface area contributed by atoms with E-state index in [0.717, 1.165) is 28.0 Å². The van der Waals surface area contributed by atoms with Gasteiger partial charge in [0.25, 0.3) is 0 Å². The summed E-state index contributed by atoms with van der Waals surface area (Å²) in [7, 11) is 0. The molecule has 2 aromatic rings. The lowest BCUT2D eigenvalue weighted by Gasteiger charge is -2.22. The Labute approximate surface area is 140 Å². The van der Waals surface area contributed by atoms with Gasteiger partial charge in [0.2, 0.25) is 0 Å². The number of hydrogen-bond donors (Lipinski definition) is 1. The van der Waals surface area contributed by atoms with Crippen LogP contribution in [0.2, 0.25) is 5.02 Å². The van der Waals surface area contributed by atoms with E-state index in [-0.39, 0.29) is 6.04 Å². The van der Waals surface area contributed by atoms with E-state index in [9.17, 15) is 0 Å². The molecule has 0 saturated heterocycles. The molecule has 2 rings (SSSR count). The fraction of sp³-hybridized carbons (Fsp3) is 0.333. The Morgan fingerprint density at radius 1 is 1.14 bits per heavy atom. The van der Waals surface area contributed by atoms with Gasteiger partial charge in [0, 0.05) is 15.5 Å². The molecule has 0 aromatic heterocycles. The van der Waals surface area contributed by atoms with Crippen LogP contribution >= 0.6 is 27.5 Å². The van der Waals surface area contributed by atoms with Crippen molar-refractivity contribution in [3.8, 4) is 0 Å². The number of aryl methyl sites for hydroxylation is 2. The third-order valence-corrected chi connectivity index (χ3v) is 4.66. The average Bonchev–Trinajstić information content (AvgIpc) is 2.42. The first kappa shape index (κ1) is 16.5. The van der Waals surface area contributed by atoms with Gasteiger partial charge < -0.3 is 5.32 Å². The number of likely N-dealkylation sites (N-methyl/N-ethyl adjacent to an activating group) is 1. The number of halogens is 2. The Kier molecular flexibility index (Phi) is 5.86. The number of rotatable bonds is 5. The number of hydrogen-bond acceptors (Lipinski definition) is 1. The molecule has 1 unspecified atom stereocenters. The van der Waals surface area contributed by atoms with Crippen molar-refractivity contribution in [2.75, 3.05) is 6.54 Å². The third-order valence-electron chi connectivity index (χ3n) is 3.84. The molecule has 1 nitrogen and oxygen atoms in total. The van der Waals surface area contributed by atoms with Gasteiger partial charge in [-0.15, -0.1) is 0 Å². The second-order valence-corrected chi connectivity index (χ2v) is 6.67. The van der Waals surface area contributed by atoms with E-state index in [0.29, 0.717) is 0 Å². The summed E-state index contributed by atoms with van der Waals surface area (Å²) in [4.78, 5) is 0. The van der Waals surface area contributed by atoms with Gasteiger partial charge in [0.15, 0.2) is 0 Å². The van der Waals surface area contributed by atoms with E-state index >= 15 is 0 Å². The van der Waals surface area contributed by atoms with Crippen LogP contribution in [0.5, 0.6) is 0 Å². The van der Waals surface area contributed by atoms with Crippen molar-refractivity contribution in [2.24, 2.45) is 0 Å². The summed E-state index contributed by atoms with van der Waals surface area (Å²) < 4.78 is 1.01. The SMILES string of the molecule is CCNC(Cc1c(C)cccc1C)c1ccc(Br)cc1Cl. The van der Waals surface area contributed by atoms with Crippen molar-refractivity contribution in [1.82, 2.24) is 5.32 Å². The van der Waals surface area contributed by atoms with Gasteiger partial charge in [-0.25, -0.2) is 0 Å². The second-order valence-electron chi connectivity index (χ2n) is 5.35. The van der Waals surface area contributed by atoms with E-state index in [2.05, 4.69) is 72.3 Å². The first-order valence-electron chi connectivity index (χ1n) is 7.26. The maximum atomic E-state index is 6.44. The molecule has 0 bridgehead atoms. The molecule has 0 aliphatic rings. The van der Waals surface area contributed by atoms with Crippen molar-refractivity contribution in [3.05, 3.63) is 68.1 Å². The predicted octanol–water partition coefficient (Wildman–Crippen LogP) is 5.61. The van der Waals surface area contributed by atoms with Crippen molar-refractivity contribution >= 4 is 27.5 Å². The van der Waals surface area contributed by atoms with Crippen LogP contribution in [-0.4, -0.2) is 6.54 Å². The average molecular weight is 367 g/mol. The highest BCUT2D eigenvalue weighted by atomic mass is 79.9. The van der Waals surface area contributed by atoms with Crippen molar-refractivity contribution in [3.63, 3.8) is 0 Å². The fourth-order valence-corrected chi connectivity index (χ4v) is 3.50. The van der Waals surface area contributed by atoms with Gasteiger partial charge in [-0.2, -0.15) is 0 Å². The molecule has 3 heteroatoms. The van der Waals surface area contributed by atoms with E-state index in [1.54, 1.807) is 0 Å². The van der Waals surface area contributed by atoms with Crippen LogP contribution in [-0.2, 0) is 6.42 Å². The van der Waals surface area contributed by atoms with Gasteiger partial charge >= 0.3 is 0 Å². The van der Waals surface area contributed by atoms with Gasteiger partial charge in [0.05, 0.1) is 0 Å². The van der Waals surface area contributed by atoms with Gasteiger partial charge in [-0.05, 0) is 61.2 Å². The lowest BCUT2D eigenvalue weighted by molar-refractivity contribution is 0.548. The van der Waals surface area contributed by atoms with Crippen molar-refractivity contribution < 1.29 is 0 Å². The minimum absolute atomic E-state index is 0.232. The van der Waals surface area contributed by atoms with E-state index < -0.39 is 0 Å². The molecule has 112 valence electrons. The summed E-state index contributed by atoms with van der Waals surface area (Å²) in [5.41, 5.74) is 5.24. The first-order chi connectivity index (χ1) is 10.0. The highest BCUT2D eigenvalue weighted by Gasteiger charge is 2.16. The topological polar surface area (TPSA) is 12.0 Å². The Bertz CT molecular complexity index is 604. The molecule has 1 N–H and O–H groups in total. The van der Waals surface area contributed by atoms with Crippen LogP contribution in [0.4, 0.5) is 0 Å². The summed E-state index contributed by atoms with van der Waals surface area (Å²) in [5.74, 6) is 0. The molecule has 0 amide bonds. The zero-order chi connectivity index (χ0) is 15.4. The van der Waals surface area contributed by atoms with Crippen LogP contribution in [0.25, 0.3) is 0 Å². The molecule has 0 aliphatic carbocycles. The smallest absolute Gasteiger partial charge is 0.0465 e. The minimum atomic E-state index is 0.232. The molecular formula is C18H21BrClN. The molecule has 0 heterocycles. The Hall–Kier alpha value is -0.830. The molecular weight excluding hydrogens is 346 g/mol. The lowest BCUT2D eigenvalue weighted by Crippen LogP contribution is -2.24. The molecule has 0 fully saturated rings. The highest BCUT2D eigenvalue weighted by molar-refractivity contribution is 9.10. The lowest BCUT2D eigenvalue weighted by atomic mass is 9.93. The van der Waals surface area contributed by atoms with E-state index in [1.807, 2.05) is 6.07 Å². The molecule has 0 saturated carbocycles. The maximum Gasteiger partial charge on any atom is 0.0465 e. The van der Waals surface area contributed by atoms with Crippen molar-refractivity contribution in [2.45, 2.75) is 33.2 Å². The van der Waals surface area contributed by atoms with Crippen LogP contribution in [0.1, 0.15) is 35.2 Å². The standard InChI is InChI=1S/C18H21BrClN/c1-4-21-18(15-9-8-14(19)10-17(15)20)11-16-12(2)6-5-7-13(16)3/h5-10,18,21H,4,11H2,1-3H3. The normalized spacial score (nSPS) is 12.4. The summed E-state index contributed by atoms with van der Waals surface area (Å²) in [5, 5.41) is 4.37. The van der Waals surface area contributed by atoms with Crippen LogP contribution in [0.3, 0.4) is 0 Å². The van der Waals surface area contributed by atoms with Crippen LogP contribution in [0.15, 0.2) is 40.9 Å². The second kappa shape index (κ2) is 7.44. The largest absolute Gasteiger partial charge is 0.310 e. The van der Waals surface area contributed by atoms with Crippen LogP contribution < -0.4 is 5.32 Å². The third kappa shape index (κ3) is 4.09. The Morgan fingerprint density at radius 3 is 2.38 bits per heavy atom. The highest BCUT2D eigenvalue weighted by Crippen LogP contribution is 2.30. The molecule has 0 radical (unpaired) electrons. The van der Waals surface area contributed by atoms with Gasteiger partial charge in [0.1, 0.15) is 0 Å². The predicted molar refractivity (Wildman–Crippen MR) is 95.2 cm³/mol. The monoisotopic (exact) mass is 365 g/mol. The van der Waals surface area contributed by atoms with Gasteiger partial charge in [-0.3, -0.25) is 0 Å². The van der Waals surface area contributed by atoms with Gasteiger partial charge in [-0.1, -0.05) is 58.7 Å². The molecule has 0 spiro atoms. The summed E-state index contributed by atoms with van der Waals surface area (Å²) in [6.07, 6.45) is 0.952. The minimum Gasteiger partial charge on any atom is -0.310 e. The van der Waals surface area contributed by atoms with E-state index in [1.165, 1.54) is 16.7 Å². The summed E-state index contributed by atoms with van der Waals surface area (Å²) in [6.45, 7) is 7.40. The number of benzene rings is 2. The van der Waals surface area contributed by atoms with Crippen LogP contribution in [0, 0.1) is 13.8 Å².